The van der Waals surface area contributed by atoms with Crippen molar-refractivity contribution in [1.82, 2.24) is 5.32 Å². The summed E-state index contributed by atoms with van der Waals surface area (Å²) in [4.78, 5) is 0. The molecule has 1 atom stereocenters. The number of aryl methyl sites for hydroxylation is 2. The average Bonchev–Trinajstić information content (AvgIpc) is 3.08. The van der Waals surface area contributed by atoms with Crippen LogP contribution in [0.5, 0.6) is 0 Å². The molecule has 2 heteroatoms. The molecule has 1 fully saturated rings. The van der Waals surface area contributed by atoms with Gasteiger partial charge in [0.1, 0.15) is 0 Å². The first-order valence-electron chi connectivity index (χ1n) is 7.86. The van der Waals surface area contributed by atoms with Crippen LogP contribution in [-0.4, -0.2) is 17.7 Å². The quantitative estimate of drug-likeness (QED) is 0.851. The molecule has 2 nitrogen and oxygen atoms in total. The zero-order valence-corrected chi connectivity index (χ0v) is 11.7. The third kappa shape index (κ3) is 3.18. The van der Waals surface area contributed by atoms with E-state index in [1.807, 2.05) is 0 Å². The van der Waals surface area contributed by atoms with Gasteiger partial charge in [0.25, 0.3) is 0 Å². The topological polar surface area (TPSA) is 32.3 Å². The Morgan fingerprint density at radius 3 is 2.74 bits per heavy atom. The largest absolute Gasteiger partial charge is 0.388 e. The Bertz CT molecular complexity index is 423. The Hall–Kier alpha value is -0.860. The number of aliphatic hydroxyl groups is 1. The van der Waals surface area contributed by atoms with Gasteiger partial charge in [0.05, 0.1) is 6.10 Å². The van der Waals surface area contributed by atoms with Gasteiger partial charge >= 0.3 is 0 Å². The average molecular weight is 259 g/mol. The molecule has 0 spiro atoms. The molecular formula is C17H25NO. The smallest absolute Gasteiger partial charge is 0.0802 e. The van der Waals surface area contributed by atoms with Crippen molar-refractivity contribution >= 4 is 0 Å². The van der Waals surface area contributed by atoms with Gasteiger partial charge in [-0.25, -0.2) is 0 Å². The predicted octanol–water partition coefficient (Wildman–Crippen LogP) is 3.13. The van der Waals surface area contributed by atoms with Gasteiger partial charge in [0, 0.05) is 6.04 Å². The Balaban J connectivity index is 1.50. The number of hydrogen-bond donors (Lipinski definition) is 2. The molecule has 104 valence electrons. The summed E-state index contributed by atoms with van der Waals surface area (Å²) in [7, 11) is 0. The summed E-state index contributed by atoms with van der Waals surface area (Å²) in [5.74, 6) is 0. The van der Waals surface area contributed by atoms with Crippen LogP contribution in [0, 0.1) is 0 Å². The highest BCUT2D eigenvalue weighted by molar-refractivity contribution is 5.36. The van der Waals surface area contributed by atoms with Crippen molar-refractivity contribution in [3.05, 3.63) is 34.9 Å². The molecular weight excluding hydrogens is 234 g/mol. The normalized spacial score (nSPS) is 20.7. The molecule has 0 heterocycles. The van der Waals surface area contributed by atoms with Gasteiger partial charge in [-0.2, -0.15) is 0 Å². The third-order valence-electron chi connectivity index (χ3n) is 4.71. The van der Waals surface area contributed by atoms with E-state index in [4.69, 9.17) is 0 Å². The zero-order chi connectivity index (χ0) is 13.1. The summed E-state index contributed by atoms with van der Waals surface area (Å²) in [5, 5.41) is 13.9. The van der Waals surface area contributed by atoms with E-state index in [0.29, 0.717) is 6.04 Å². The second kappa shape index (κ2) is 6.06. The van der Waals surface area contributed by atoms with Crippen LogP contribution >= 0.6 is 0 Å². The monoisotopic (exact) mass is 259 g/mol. The van der Waals surface area contributed by atoms with E-state index in [0.717, 1.165) is 18.5 Å². The molecule has 2 N–H and O–H groups in total. The highest BCUT2D eigenvalue weighted by atomic mass is 16.3. The molecule has 1 unspecified atom stereocenters. The molecule has 3 rings (SSSR count). The first kappa shape index (κ1) is 13.1. The van der Waals surface area contributed by atoms with Gasteiger partial charge in [-0.15, -0.1) is 0 Å². The maximum Gasteiger partial charge on any atom is 0.0802 e. The van der Waals surface area contributed by atoms with Crippen molar-refractivity contribution in [2.45, 2.75) is 63.5 Å². The van der Waals surface area contributed by atoms with Crippen LogP contribution in [0.3, 0.4) is 0 Å². The number of hydrogen-bond acceptors (Lipinski definition) is 2. The van der Waals surface area contributed by atoms with Gasteiger partial charge in [0.2, 0.25) is 0 Å². The van der Waals surface area contributed by atoms with Crippen LogP contribution < -0.4 is 5.32 Å². The van der Waals surface area contributed by atoms with Gasteiger partial charge in [0.15, 0.2) is 0 Å². The molecule has 0 amide bonds. The summed E-state index contributed by atoms with van der Waals surface area (Å²) in [6.45, 7) is 0.933. The Morgan fingerprint density at radius 2 is 1.89 bits per heavy atom. The van der Waals surface area contributed by atoms with E-state index in [9.17, 15) is 5.11 Å². The summed E-state index contributed by atoms with van der Waals surface area (Å²) in [6.07, 6.45) is 9.57. The van der Waals surface area contributed by atoms with Crippen molar-refractivity contribution in [1.29, 1.82) is 0 Å². The van der Waals surface area contributed by atoms with Crippen LogP contribution in [0.25, 0.3) is 0 Å². The first-order chi connectivity index (χ1) is 9.33. The summed E-state index contributed by atoms with van der Waals surface area (Å²) >= 11 is 0. The molecule has 0 radical (unpaired) electrons. The first-order valence-corrected chi connectivity index (χ1v) is 7.86. The third-order valence-corrected chi connectivity index (χ3v) is 4.71. The van der Waals surface area contributed by atoms with E-state index in [2.05, 4.69) is 23.5 Å². The molecule has 2 aliphatic carbocycles. The Labute approximate surface area is 116 Å². The fourth-order valence-electron chi connectivity index (χ4n) is 3.52. The minimum atomic E-state index is -0.306. The molecule has 2 aliphatic rings. The molecule has 19 heavy (non-hydrogen) atoms. The lowest BCUT2D eigenvalue weighted by molar-refractivity contribution is 0.165. The lowest BCUT2D eigenvalue weighted by Gasteiger charge is -2.16. The number of aliphatic hydroxyl groups excluding tert-OH is 1. The molecule has 0 aromatic heterocycles. The Kier molecular flexibility index (Phi) is 4.19. The molecule has 1 aromatic carbocycles. The number of nitrogens with one attached hydrogen (secondary N) is 1. The maximum atomic E-state index is 10.3. The molecule has 0 aliphatic heterocycles. The highest BCUT2D eigenvalue weighted by Gasteiger charge is 2.16. The van der Waals surface area contributed by atoms with Crippen LogP contribution in [-0.2, 0) is 12.8 Å². The SMILES string of the molecule is OC(CCNC1CCCC1)c1ccc2c(c1)CCC2. The summed E-state index contributed by atoms with van der Waals surface area (Å²) in [5.41, 5.74) is 4.05. The van der Waals surface area contributed by atoms with Gasteiger partial charge < -0.3 is 10.4 Å². The van der Waals surface area contributed by atoms with Crippen LogP contribution in [0.1, 0.15) is 61.3 Å². The van der Waals surface area contributed by atoms with Crippen molar-refractivity contribution in [2.24, 2.45) is 0 Å². The highest BCUT2D eigenvalue weighted by Crippen LogP contribution is 2.26. The summed E-state index contributed by atoms with van der Waals surface area (Å²) < 4.78 is 0. The van der Waals surface area contributed by atoms with Crippen LogP contribution in [0.2, 0.25) is 0 Å². The van der Waals surface area contributed by atoms with E-state index >= 15 is 0 Å². The maximum absolute atomic E-state index is 10.3. The van der Waals surface area contributed by atoms with Crippen LogP contribution in [0.15, 0.2) is 18.2 Å². The number of rotatable bonds is 5. The van der Waals surface area contributed by atoms with E-state index in [1.54, 1.807) is 0 Å². The zero-order valence-electron chi connectivity index (χ0n) is 11.7. The van der Waals surface area contributed by atoms with Gasteiger partial charge in [-0.1, -0.05) is 31.0 Å². The fraction of sp³-hybridized carbons (Fsp3) is 0.647. The van der Waals surface area contributed by atoms with Crippen molar-refractivity contribution in [3.8, 4) is 0 Å². The van der Waals surface area contributed by atoms with Crippen molar-refractivity contribution in [2.75, 3.05) is 6.54 Å². The van der Waals surface area contributed by atoms with Crippen molar-refractivity contribution < 1.29 is 5.11 Å². The fourth-order valence-corrected chi connectivity index (χ4v) is 3.52. The lowest BCUT2D eigenvalue weighted by Crippen LogP contribution is -2.27. The van der Waals surface area contributed by atoms with E-state index in [-0.39, 0.29) is 6.10 Å². The van der Waals surface area contributed by atoms with Crippen LogP contribution in [0.4, 0.5) is 0 Å². The summed E-state index contributed by atoms with van der Waals surface area (Å²) in [6, 6.07) is 7.25. The predicted molar refractivity (Wildman–Crippen MR) is 78.3 cm³/mol. The minimum absolute atomic E-state index is 0.306. The Morgan fingerprint density at radius 1 is 1.11 bits per heavy atom. The van der Waals surface area contributed by atoms with Crippen molar-refractivity contribution in [3.63, 3.8) is 0 Å². The van der Waals surface area contributed by atoms with E-state index in [1.165, 1.54) is 56.1 Å². The second-order valence-corrected chi connectivity index (χ2v) is 6.12. The van der Waals surface area contributed by atoms with E-state index < -0.39 is 0 Å². The van der Waals surface area contributed by atoms with Gasteiger partial charge in [-0.05, 0) is 61.8 Å². The lowest BCUT2D eigenvalue weighted by atomic mass is 10.0. The van der Waals surface area contributed by atoms with Gasteiger partial charge in [-0.3, -0.25) is 0 Å². The minimum Gasteiger partial charge on any atom is -0.388 e. The molecule has 1 saturated carbocycles. The number of fused-ring (bicyclic) bond motifs is 1. The molecule has 1 aromatic rings. The second-order valence-electron chi connectivity index (χ2n) is 6.12. The molecule has 0 bridgehead atoms. The standard InChI is InChI=1S/C17H25NO/c19-17(10-11-18-16-6-1-2-7-16)15-9-8-13-4-3-5-14(13)12-15/h8-9,12,16-19H,1-7,10-11H2. The molecule has 0 saturated heterocycles. The number of benzene rings is 1.